The summed E-state index contributed by atoms with van der Waals surface area (Å²) >= 11 is 0. The molecule has 1 aromatic rings. The number of nitrogens with one attached hydrogen (secondary N) is 1. The lowest BCUT2D eigenvalue weighted by Gasteiger charge is -2.30. The topological polar surface area (TPSA) is 33.7 Å². The van der Waals surface area contributed by atoms with E-state index in [2.05, 4.69) is 36.2 Å². The second kappa shape index (κ2) is 9.14. The predicted octanol–water partition coefficient (Wildman–Crippen LogP) is 3.10. The van der Waals surface area contributed by atoms with Crippen LogP contribution in [0.15, 0.2) is 18.2 Å². The van der Waals surface area contributed by atoms with E-state index in [-0.39, 0.29) is 0 Å². The zero-order valence-electron chi connectivity index (χ0n) is 15.1. The number of hydrogen-bond acceptors (Lipinski definition) is 4. The Morgan fingerprint density at radius 3 is 2.35 bits per heavy atom. The SMILES string of the molecule is COc1ccc(CC(C)NC(C)CN2CCCCC2)cc1OC. The van der Waals surface area contributed by atoms with Gasteiger partial charge >= 0.3 is 0 Å². The van der Waals surface area contributed by atoms with Crippen molar-refractivity contribution >= 4 is 0 Å². The first-order valence-electron chi connectivity index (χ1n) is 8.81. The molecule has 2 unspecified atom stereocenters. The molecule has 0 bridgehead atoms. The number of hydrogen-bond donors (Lipinski definition) is 1. The monoisotopic (exact) mass is 320 g/mol. The molecule has 1 N–H and O–H groups in total. The molecule has 4 heteroatoms. The largest absolute Gasteiger partial charge is 0.493 e. The van der Waals surface area contributed by atoms with Crippen molar-refractivity contribution in [3.63, 3.8) is 0 Å². The molecule has 1 heterocycles. The average molecular weight is 320 g/mol. The summed E-state index contributed by atoms with van der Waals surface area (Å²) in [5, 5.41) is 3.73. The zero-order valence-corrected chi connectivity index (χ0v) is 15.1. The van der Waals surface area contributed by atoms with Crippen molar-refractivity contribution < 1.29 is 9.47 Å². The molecule has 1 fully saturated rings. The minimum atomic E-state index is 0.438. The molecule has 0 amide bonds. The van der Waals surface area contributed by atoms with Gasteiger partial charge in [0.1, 0.15) is 0 Å². The Morgan fingerprint density at radius 1 is 1.00 bits per heavy atom. The van der Waals surface area contributed by atoms with Gasteiger partial charge in [0.2, 0.25) is 0 Å². The minimum absolute atomic E-state index is 0.438. The van der Waals surface area contributed by atoms with Crippen molar-refractivity contribution in [2.24, 2.45) is 0 Å². The van der Waals surface area contributed by atoms with Crippen LogP contribution in [0.1, 0.15) is 38.7 Å². The summed E-state index contributed by atoms with van der Waals surface area (Å²) in [7, 11) is 3.36. The van der Waals surface area contributed by atoms with Gasteiger partial charge < -0.3 is 19.7 Å². The number of benzene rings is 1. The second-order valence-electron chi connectivity index (χ2n) is 6.72. The van der Waals surface area contributed by atoms with Crippen LogP contribution in [-0.2, 0) is 6.42 Å². The Labute approximate surface area is 141 Å². The number of rotatable bonds is 8. The first-order valence-corrected chi connectivity index (χ1v) is 8.81. The van der Waals surface area contributed by atoms with Gasteiger partial charge in [0, 0.05) is 18.6 Å². The molecule has 23 heavy (non-hydrogen) atoms. The molecular formula is C19H32N2O2. The molecule has 1 aliphatic rings. The van der Waals surface area contributed by atoms with Crippen LogP contribution in [0, 0.1) is 0 Å². The first kappa shape index (κ1) is 18.1. The molecular weight excluding hydrogens is 288 g/mol. The molecule has 0 radical (unpaired) electrons. The normalized spacial score (nSPS) is 18.4. The highest BCUT2D eigenvalue weighted by atomic mass is 16.5. The van der Waals surface area contributed by atoms with Crippen molar-refractivity contribution in [1.82, 2.24) is 10.2 Å². The fourth-order valence-electron chi connectivity index (χ4n) is 3.49. The summed E-state index contributed by atoms with van der Waals surface area (Å²) in [6.45, 7) is 8.21. The highest BCUT2D eigenvalue weighted by Gasteiger charge is 2.15. The van der Waals surface area contributed by atoms with Gasteiger partial charge in [0.05, 0.1) is 14.2 Å². The van der Waals surface area contributed by atoms with Gasteiger partial charge in [0.15, 0.2) is 11.5 Å². The second-order valence-corrected chi connectivity index (χ2v) is 6.72. The molecule has 0 spiro atoms. The summed E-state index contributed by atoms with van der Waals surface area (Å²) in [6, 6.07) is 7.13. The number of piperidine rings is 1. The Morgan fingerprint density at radius 2 is 1.70 bits per heavy atom. The van der Waals surface area contributed by atoms with Gasteiger partial charge in [-0.15, -0.1) is 0 Å². The van der Waals surface area contributed by atoms with E-state index in [0.29, 0.717) is 12.1 Å². The number of methoxy groups -OCH3 is 2. The van der Waals surface area contributed by atoms with Gasteiger partial charge in [-0.05, 0) is 63.9 Å². The molecule has 2 atom stereocenters. The van der Waals surface area contributed by atoms with Gasteiger partial charge in [-0.3, -0.25) is 0 Å². The standard InChI is InChI=1S/C19H32N2O2/c1-15(20-16(2)14-21-10-6-5-7-11-21)12-17-8-9-18(22-3)19(13-17)23-4/h8-9,13,15-16,20H,5-7,10-12,14H2,1-4H3. The fraction of sp³-hybridized carbons (Fsp3) is 0.684. The van der Waals surface area contributed by atoms with Crippen LogP contribution in [0.25, 0.3) is 0 Å². The van der Waals surface area contributed by atoms with Gasteiger partial charge in [-0.1, -0.05) is 12.5 Å². The smallest absolute Gasteiger partial charge is 0.160 e. The molecule has 1 aliphatic heterocycles. The summed E-state index contributed by atoms with van der Waals surface area (Å²) in [6.07, 6.45) is 5.10. The van der Waals surface area contributed by atoms with E-state index in [4.69, 9.17) is 9.47 Å². The van der Waals surface area contributed by atoms with Crippen LogP contribution in [0.3, 0.4) is 0 Å². The highest BCUT2D eigenvalue weighted by molar-refractivity contribution is 5.43. The Kier molecular flexibility index (Phi) is 7.18. The number of nitrogens with zero attached hydrogens (tertiary/aromatic N) is 1. The average Bonchev–Trinajstić information content (AvgIpc) is 2.55. The lowest BCUT2D eigenvalue weighted by molar-refractivity contribution is 0.205. The summed E-state index contributed by atoms with van der Waals surface area (Å²) in [5.41, 5.74) is 1.27. The van der Waals surface area contributed by atoms with Crippen molar-refractivity contribution in [3.05, 3.63) is 23.8 Å². The quantitative estimate of drug-likeness (QED) is 0.798. The van der Waals surface area contributed by atoms with Crippen molar-refractivity contribution in [2.45, 2.75) is 51.6 Å². The molecule has 0 aromatic heterocycles. The number of ether oxygens (including phenoxy) is 2. The van der Waals surface area contributed by atoms with E-state index < -0.39 is 0 Å². The molecule has 0 saturated carbocycles. The summed E-state index contributed by atoms with van der Waals surface area (Å²) < 4.78 is 10.7. The zero-order chi connectivity index (χ0) is 16.7. The summed E-state index contributed by atoms with van der Waals surface area (Å²) in [5.74, 6) is 1.59. The Hall–Kier alpha value is -1.26. The molecule has 4 nitrogen and oxygen atoms in total. The predicted molar refractivity (Wildman–Crippen MR) is 95.6 cm³/mol. The van der Waals surface area contributed by atoms with Crippen LogP contribution in [0.5, 0.6) is 11.5 Å². The van der Waals surface area contributed by atoms with Crippen LogP contribution >= 0.6 is 0 Å². The third-order valence-electron chi connectivity index (χ3n) is 4.54. The molecule has 130 valence electrons. The Bertz CT molecular complexity index is 472. The molecule has 1 aromatic carbocycles. The maximum atomic E-state index is 5.39. The van der Waals surface area contributed by atoms with E-state index in [9.17, 15) is 0 Å². The lowest BCUT2D eigenvalue weighted by atomic mass is 10.1. The first-order chi connectivity index (χ1) is 11.1. The van der Waals surface area contributed by atoms with Crippen molar-refractivity contribution in [3.8, 4) is 11.5 Å². The molecule has 1 saturated heterocycles. The van der Waals surface area contributed by atoms with E-state index in [0.717, 1.165) is 24.5 Å². The maximum Gasteiger partial charge on any atom is 0.160 e. The molecule has 2 rings (SSSR count). The maximum absolute atomic E-state index is 5.39. The summed E-state index contributed by atoms with van der Waals surface area (Å²) in [4.78, 5) is 2.59. The lowest BCUT2D eigenvalue weighted by Crippen LogP contribution is -2.45. The van der Waals surface area contributed by atoms with Crippen molar-refractivity contribution in [2.75, 3.05) is 33.9 Å². The van der Waals surface area contributed by atoms with Gasteiger partial charge in [-0.2, -0.15) is 0 Å². The van der Waals surface area contributed by atoms with E-state index in [1.165, 1.54) is 37.9 Å². The minimum Gasteiger partial charge on any atom is -0.493 e. The van der Waals surface area contributed by atoms with Crippen LogP contribution in [0.2, 0.25) is 0 Å². The third-order valence-corrected chi connectivity index (χ3v) is 4.54. The van der Waals surface area contributed by atoms with Crippen LogP contribution < -0.4 is 14.8 Å². The van der Waals surface area contributed by atoms with E-state index in [1.807, 2.05) is 6.07 Å². The van der Waals surface area contributed by atoms with Gasteiger partial charge in [-0.25, -0.2) is 0 Å². The van der Waals surface area contributed by atoms with E-state index >= 15 is 0 Å². The third kappa shape index (κ3) is 5.70. The van der Waals surface area contributed by atoms with Crippen LogP contribution in [0.4, 0.5) is 0 Å². The molecule has 0 aliphatic carbocycles. The number of likely N-dealkylation sites (tertiary alicyclic amines) is 1. The van der Waals surface area contributed by atoms with E-state index in [1.54, 1.807) is 14.2 Å². The Balaban J connectivity index is 1.82. The fourth-order valence-corrected chi connectivity index (χ4v) is 3.49. The highest BCUT2D eigenvalue weighted by Crippen LogP contribution is 2.28. The van der Waals surface area contributed by atoms with Crippen LogP contribution in [-0.4, -0.2) is 50.8 Å². The van der Waals surface area contributed by atoms with Gasteiger partial charge in [0.25, 0.3) is 0 Å². The van der Waals surface area contributed by atoms with Crippen molar-refractivity contribution in [1.29, 1.82) is 0 Å².